The molecule has 0 saturated carbocycles. The van der Waals surface area contributed by atoms with Crippen LogP contribution in [-0.4, -0.2) is 14.1 Å². The quantitative estimate of drug-likeness (QED) is 0.142. The van der Waals surface area contributed by atoms with Gasteiger partial charge < -0.3 is 4.90 Å². The van der Waals surface area contributed by atoms with Gasteiger partial charge in [-0.1, -0.05) is 96.1 Å². The predicted molar refractivity (Wildman–Crippen MR) is 367 cm³/mol. The number of ether oxygens (including phenoxy) is 1. The van der Waals surface area contributed by atoms with Crippen LogP contribution >= 0.6 is 0 Å². The summed E-state index contributed by atoms with van der Waals surface area (Å²) in [5, 5.41) is 0. The maximum absolute atomic E-state index is 7.68. The van der Waals surface area contributed by atoms with E-state index in [0.29, 0.717) is 11.5 Å². The molecular weight excluding hydrogens is 1270 g/mol. The molecule has 446 valence electrons. The number of hydrogen-bond acceptors (Lipinski definition) is 4. The molecule has 10 aromatic carbocycles. The van der Waals surface area contributed by atoms with Crippen LogP contribution in [0, 0.1) is 15.9 Å². The van der Waals surface area contributed by atoms with E-state index in [0.717, 1.165) is 116 Å². The molecule has 0 aliphatic carbocycles. The van der Waals surface area contributed by atoms with Crippen molar-refractivity contribution in [3.05, 3.63) is 275 Å². The molecule has 0 atom stereocenters. The topological polar surface area (TPSA) is 38.5 Å². The molecular formula is C82H75N5OPt-2. The Kier molecular flexibility index (Phi) is 15.1. The van der Waals surface area contributed by atoms with Gasteiger partial charge in [-0.2, -0.15) is 0 Å². The van der Waals surface area contributed by atoms with Crippen LogP contribution in [0.25, 0.3) is 66.9 Å². The third-order valence-electron chi connectivity index (χ3n) is 17.2. The summed E-state index contributed by atoms with van der Waals surface area (Å²) in [7, 11) is 0. The molecule has 0 radical (unpaired) electrons. The Morgan fingerprint density at radius 1 is 0.393 bits per heavy atom. The number of nitrogens with zero attached hydrogens (tertiary/aromatic N) is 5. The summed E-state index contributed by atoms with van der Waals surface area (Å²) in [5.41, 5.74) is 21.2. The molecule has 0 bridgehead atoms. The number of para-hydroxylation sites is 6. The second kappa shape index (κ2) is 22.8. The fraction of sp³-hybridized carbons (Fsp3) is 0.195. The zero-order valence-corrected chi connectivity index (χ0v) is 55.2. The van der Waals surface area contributed by atoms with Crippen LogP contribution in [0.4, 0.5) is 34.3 Å². The minimum atomic E-state index is -0.434. The van der Waals surface area contributed by atoms with Crippen LogP contribution in [0.3, 0.4) is 0 Å². The van der Waals surface area contributed by atoms with Gasteiger partial charge >= 0.3 is 358 Å². The molecule has 7 heteroatoms. The second-order valence-corrected chi connectivity index (χ2v) is 28.5. The maximum atomic E-state index is 7.68. The molecule has 1 aliphatic rings. The fourth-order valence-electron chi connectivity index (χ4n) is 12.4. The summed E-state index contributed by atoms with van der Waals surface area (Å²) in [4.78, 5) is 10.1. The van der Waals surface area contributed by atoms with Crippen LogP contribution < -0.4 is 14.5 Å². The van der Waals surface area contributed by atoms with Gasteiger partial charge in [0, 0.05) is 17.4 Å². The van der Waals surface area contributed by atoms with Crippen molar-refractivity contribution in [2.24, 2.45) is 0 Å². The monoisotopic (exact) mass is 1340 g/mol. The summed E-state index contributed by atoms with van der Waals surface area (Å²) in [6.07, 6.45) is 1.96. The molecule has 0 saturated heterocycles. The first-order valence-corrected chi connectivity index (χ1v) is 32.0. The number of fused-ring (bicyclic) bond motifs is 7. The van der Waals surface area contributed by atoms with Gasteiger partial charge in [0.25, 0.3) is 0 Å². The van der Waals surface area contributed by atoms with Crippen LogP contribution in [0.1, 0.15) is 105 Å². The van der Waals surface area contributed by atoms with Gasteiger partial charge in [0.2, 0.25) is 0 Å². The Morgan fingerprint density at radius 3 is 1.48 bits per heavy atom. The number of aromatic nitrogens is 3. The van der Waals surface area contributed by atoms with E-state index in [1.165, 1.54) is 11.1 Å². The molecule has 1 aliphatic heterocycles. The fourth-order valence-corrected chi connectivity index (χ4v) is 13.5. The first kappa shape index (κ1) is 58.9. The van der Waals surface area contributed by atoms with E-state index in [2.05, 4.69) is 364 Å². The molecule has 0 fully saturated rings. The van der Waals surface area contributed by atoms with Crippen LogP contribution in [0.5, 0.6) is 11.5 Å². The summed E-state index contributed by atoms with van der Waals surface area (Å²) in [5.74, 6) is 1.97. The number of benzene rings is 10. The SMILES string of the molecule is CC(C)(C)c1cc(Oc2[c-]c3c(cc2C(C)(C)C)-c2ccccc2N(c2ccccc2)c2ccccc2-c2cc(C(C)(C)C)ccc2N3c2cc(C(C)(C)C)ccn2)[c-]c(-n2[c](=[Pt])n(-c3c(-c4ccccc4)cccc3-c3ccccc3)c3ccccc32)c1. The molecule has 3 heterocycles. The van der Waals surface area contributed by atoms with Crippen molar-refractivity contribution in [2.75, 3.05) is 9.80 Å². The summed E-state index contributed by atoms with van der Waals surface area (Å²) < 4.78 is 13.5. The van der Waals surface area contributed by atoms with Crippen LogP contribution in [0.15, 0.2) is 237 Å². The van der Waals surface area contributed by atoms with Gasteiger partial charge in [-0.3, -0.25) is 0 Å². The van der Waals surface area contributed by atoms with E-state index in [4.69, 9.17) is 9.72 Å². The van der Waals surface area contributed by atoms with E-state index in [-0.39, 0.29) is 16.2 Å². The Labute approximate surface area is 536 Å². The number of rotatable bonds is 8. The number of pyridine rings is 1. The van der Waals surface area contributed by atoms with E-state index in [1.807, 2.05) is 6.20 Å². The minimum absolute atomic E-state index is 0.160. The van der Waals surface area contributed by atoms with Crippen LogP contribution in [0.2, 0.25) is 0 Å². The normalized spacial score (nSPS) is 12.7. The van der Waals surface area contributed by atoms with Crippen molar-refractivity contribution in [1.29, 1.82) is 0 Å². The zero-order valence-electron chi connectivity index (χ0n) is 53.0. The van der Waals surface area contributed by atoms with E-state index < -0.39 is 5.41 Å². The molecule has 2 aromatic heterocycles. The van der Waals surface area contributed by atoms with E-state index >= 15 is 0 Å². The Balaban J connectivity index is 1.10. The number of anilines is 6. The van der Waals surface area contributed by atoms with E-state index in [9.17, 15) is 0 Å². The average molecular weight is 1340 g/mol. The first-order valence-electron chi connectivity index (χ1n) is 30.9. The van der Waals surface area contributed by atoms with Crippen molar-refractivity contribution < 1.29 is 24.1 Å². The molecule has 89 heavy (non-hydrogen) atoms. The van der Waals surface area contributed by atoms with Crippen molar-refractivity contribution in [3.8, 4) is 67.4 Å². The van der Waals surface area contributed by atoms with Gasteiger partial charge in [-0.05, 0) is 58.4 Å². The Bertz CT molecular complexity index is 4650. The Morgan fingerprint density at radius 2 is 0.899 bits per heavy atom. The van der Waals surface area contributed by atoms with E-state index in [1.54, 1.807) is 0 Å². The zero-order chi connectivity index (χ0) is 62.1. The van der Waals surface area contributed by atoms with Crippen LogP contribution in [-0.2, 0) is 41.0 Å². The molecule has 0 spiro atoms. The molecule has 0 unspecified atom stereocenters. The van der Waals surface area contributed by atoms with Crippen molar-refractivity contribution in [2.45, 2.75) is 105 Å². The van der Waals surface area contributed by atoms with Crippen molar-refractivity contribution in [3.63, 3.8) is 0 Å². The first-order chi connectivity index (χ1) is 42.6. The van der Waals surface area contributed by atoms with Gasteiger partial charge in [0.15, 0.2) is 0 Å². The third-order valence-corrected chi connectivity index (χ3v) is 18.2. The Hall–Kier alpha value is -9.09. The summed E-state index contributed by atoms with van der Waals surface area (Å²) in [6.45, 7) is 27.3. The van der Waals surface area contributed by atoms with Crippen molar-refractivity contribution >= 4 is 45.3 Å². The number of hydrogen-bond donors (Lipinski definition) is 0. The molecule has 13 rings (SSSR count). The number of imidazole rings is 1. The average Bonchev–Trinajstić information content (AvgIpc) is 1.72. The van der Waals surface area contributed by atoms with Gasteiger partial charge in [0.05, 0.1) is 5.69 Å². The predicted octanol–water partition coefficient (Wildman–Crippen LogP) is 22.4. The van der Waals surface area contributed by atoms with Gasteiger partial charge in [-0.25, -0.2) is 0 Å². The molecule has 0 N–H and O–H groups in total. The molecule has 0 amide bonds. The third kappa shape index (κ3) is 11.1. The molecule has 12 aromatic rings. The molecule has 6 nitrogen and oxygen atoms in total. The standard InChI is InChI=1S/C82H75N5O.Pt/c1-79(2,3)57-43-44-72-67(49-57)65-35-22-24-39-70(65)86(60-33-20-15-21-34-60)71-40-25-23-36-66(71)68-52-69(82(10,11)12)76(53-75(68)87(72)77-50-58(45-46-83-77)80(4,5)6)88-62-48-59(81(7,8)9)47-61(51-62)84-54-85(74-42-27-26-41-73(74)84)78-63(55-29-16-13-17-30-55)37-28-38-64(78)56-31-18-14-19-32-56;/h13-50,52H,1-12H3;/q-2;. The summed E-state index contributed by atoms with van der Waals surface area (Å²) in [6, 6.07) is 91.7. The van der Waals surface area contributed by atoms with Crippen molar-refractivity contribution in [1.82, 2.24) is 14.1 Å². The summed E-state index contributed by atoms with van der Waals surface area (Å²) >= 11 is 2.54. The van der Waals surface area contributed by atoms with Gasteiger partial charge in [-0.15, -0.1) is 0 Å². The van der Waals surface area contributed by atoms with Gasteiger partial charge in [0.1, 0.15) is 0 Å². The second-order valence-electron chi connectivity index (χ2n) is 27.5.